The van der Waals surface area contributed by atoms with Crippen molar-refractivity contribution < 1.29 is 14.0 Å². The van der Waals surface area contributed by atoms with E-state index in [1.54, 1.807) is 0 Å². The lowest BCUT2D eigenvalue weighted by Crippen LogP contribution is -2.02. The van der Waals surface area contributed by atoms with Gasteiger partial charge in [-0.05, 0) is 28.1 Å². The van der Waals surface area contributed by atoms with E-state index in [0.717, 1.165) is 0 Å². The van der Waals surface area contributed by atoms with Crippen molar-refractivity contribution in [2.24, 2.45) is 0 Å². The second-order valence-electron chi connectivity index (χ2n) is 2.21. The highest BCUT2D eigenvalue weighted by Crippen LogP contribution is 2.20. The lowest BCUT2D eigenvalue weighted by Gasteiger charge is -1.97. The van der Waals surface area contributed by atoms with Crippen LogP contribution in [-0.4, -0.2) is 16.8 Å². The van der Waals surface area contributed by atoms with Gasteiger partial charge < -0.3 is 5.53 Å². The van der Waals surface area contributed by atoms with Gasteiger partial charge in [-0.15, -0.1) is 0 Å². The van der Waals surface area contributed by atoms with Crippen molar-refractivity contribution in [3.63, 3.8) is 0 Å². The Morgan fingerprint density at radius 3 is 2.92 bits per heavy atom. The number of nitrogens with zero attached hydrogens (tertiary/aromatic N) is 2. The Kier molecular flexibility index (Phi) is 3.06. The zero-order valence-corrected chi connectivity index (χ0v) is 7.95. The number of rotatable bonds is 2. The summed E-state index contributed by atoms with van der Waals surface area (Å²) in [5.74, 6) is -1.09. The summed E-state index contributed by atoms with van der Waals surface area (Å²) in [6.45, 7) is 0. The van der Waals surface area contributed by atoms with Crippen LogP contribution in [0.15, 0.2) is 22.7 Å². The molecule has 0 amide bonds. The second kappa shape index (κ2) is 4.07. The Bertz CT molecular complexity index is 399. The van der Waals surface area contributed by atoms with E-state index in [0.29, 0.717) is 6.21 Å². The molecule has 0 heterocycles. The first-order chi connectivity index (χ1) is 6.16. The summed E-state index contributed by atoms with van der Waals surface area (Å²) < 4.78 is 12.9. The highest BCUT2D eigenvalue weighted by Gasteiger charge is 2.13. The second-order valence-corrected chi connectivity index (χ2v) is 3.00. The van der Waals surface area contributed by atoms with Crippen molar-refractivity contribution in [3.05, 3.63) is 39.6 Å². The first-order valence-electron chi connectivity index (χ1n) is 3.32. The van der Waals surface area contributed by atoms with Crippen LogP contribution >= 0.6 is 15.9 Å². The molecule has 0 atom stereocenters. The Balaban J connectivity index is 3.22. The summed E-state index contributed by atoms with van der Waals surface area (Å²) >= 11 is 2.91. The molecule has 0 unspecified atom stereocenters. The lowest BCUT2D eigenvalue weighted by atomic mass is 10.1. The van der Waals surface area contributed by atoms with Gasteiger partial charge in [0.2, 0.25) is 0 Å². The van der Waals surface area contributed by atoms with Gasteiger partial charge in [-0.3, -0.25) is 4.79 Å². The minimum atomic E-state index is -0.561. The zero-order chi connectivity index (χ0) is 9.84. The summed E-state index contributed by atoms with van der Waals surface area (Å²) in [5.41, 5.74) is 8.22. The average Bonchev–Trinajstić information content (AvgIpc) is 2.10. The van der Waals surface area contributed by atoms with E-state index in [-0.39, 0.29) is 10.0 Å². The van der Waals surface area contributed by atoms with Crippen molar-refractivity contribution in [1.82, 2.24) is 0 Å². The summed E-state index contributed by atoms with van der Waals surface area (Å²) in [7, 11) is 0. The van der Waals surface area contributed by atoms with E-state index in [2.05, 4.69) is 20.7 Å². The minimum absolute atomic E-state index is 0.0694. The topological polar surface area (TPSA) is 53.5 Å². The Morgan fingerprint density at radius 2 is 2.31 bits per heavy atom. The molecule has 3 nitrogen and oxygen atoms in total. The molecule has 0 aliphatic carbocycles. The fraction of sp³-hybridized carbons (Fsp3) is 0. The summed E-state index contributed by atoms with van der Waals surface area (Å²) in [5, 5.41) is 0. The Morgan fingerprint density at radius 1 is 1.62 bits per heavy atom. The average molecular weight is 243 g/mol. The van der Waals surface area contributed by atoms with Crippen molar-refractivity contribution in [2.45, 2.75) is 0 Å². The smallest absolute Gasteiger partial charge is 0.328 e. The molecule has 0 aromatic heterocycles. The van der Waals surface area contributed by atoms with Crippen LogP contribution in [0.1, 0.15) is 10.4 Å². The summed E-state index contributed by atoms with van der Waals surface area (Å²) in [6.07, 6.45) is 0.708. The highest BCUT2D eigenvalue weighted by atomic mass is 79.9. The third kappa shape index (κ3) is 2.08. The molecule has 0 saturated heterocycles. The quantitative estimate of drug-likeness (QED) is 0.339. The van der Waals surface area contributed by atoms with Gasteiger partial charge in [0.25, 0.3) is 5.78 Å². The van der Waals surface area contributed by atoms with E-state index in [4.69, 9.17) is 5.53 Å². The number of carbonyl (C=O) groups is 1. The van der Waals surface area contributed by atoms with E-state index in [1.807, 2.05) is 0 Å². The maximum atomic E-state index is 12.9. The molecular formula is C8H4BrFN2O. The van der Waals surface area contributed by atoms with Crippen molar-refractivity contribution in [1.29, 1.82) is 0 Å². The van der Waals surface area contributed by atoms with Crippen molar-refractivity contribution in [2.75, 3.05) is 0 Å². The van der Waals surface area contributed by atoms with Crippen LogP contribution in [0.2, 0.25) is 0 Å². The molecule has 0 fully saturated rings. The number of benzene rings is 1. The molecule has 66 valence electrons. The monoisotopic (exact) mass is 242 g/mol. The molecule has 0 N–H and O–H groups in total. The van der Waals surface area contributed by atoms with E-state index in [1.165, 1.54) is 18.2 Å². The molecule has 5 heteroatoms. The van der Waals surface area contributed by atoms with Crippen LogP contribution in [0, 0.1) is 5.82 Å². The third-order valence-corrected chi connectivity index (χ3v) is 2.20. The number of hydrogen-bond donors (Lipinski definition) is 0. The van der Waals surface area contributed by atoms with E-state index < -0.39 is 11.6 Å². The van der Waals surface area contributed by atoms with Crippen LogP contribution in [0.5, 0.6) is 0 Å². The van der Waals surface area contributed by atoms with Gasteiger partial charge in [-0.25, -0.2) is 4.39 Å². The van der Waals surface area contributed by atoms with Gasteiger partial charge in [0.05, 0.1) is 4.47 Å². The van der Waals surface area contributed by atoms with Crippen molar-refractivity contribution >= 4 is 27.9 Å². The number of ketones is 1. The third-order valence-electron chi connectivity index (χ3n) is 1.39. The standard InChI is InChI=1S/C8H4BrFN2O/c9-8-5(7(13)4-12-11)2-1-3-6(8)10/h1-4H. The Hall–Kier alpha value is -1.32. The largest absolute Gasteiger partial charge is 0.361 e. The highest BCUT2D eigenvalue weighted by molar-refractivity contribution is 9.10. The predicted octanol–water partition coefficient (Wildman–Crippen LogP) is 2.07. The van der Waals surface area contributed by atoms with E-state index >= 15 is 0 Å². The fourth-order valence-electron chi connectivity index (χ4n) is 0.816. The Labute approximate surface area is 81.9 Å². The molecule has 1 rings (SSSR count). The van der Waals surface area contributed by atoms with Crippen LogP contribution in [0.3, 0.4) is 0 Å². The minimum Gasteiger partial charge on any atom is -0.361 e. The molecule has 0 aliphatic heterocycles. The van der Waals surface area contributed by atoms with Gasteiger partial charge in [-0.1, -0.05) is 6.07 Å². The molecule has 1 aromatic rings. The zero-order valence-electron chi connectivity index (χ0n) is 6.37. The number of hydrogen-bond acceptors (Lipinski definition) is 1. The molecule has 0 radical (unpaired) electrons. The van der Waals surface area contributed by atoms with Crippen molar-refractivity contribution in [3.8, 4) is 0 Å². The molecule has 0 saturated carbocycles. The van der Waals surface area contributed by atoms with Gasteiger partial charge in [-0.2, -0.15) is 4.79 Å². The lowest BCUT2D eigenvalue weighted by molar-refractivity contribution is 0.00234. The molecule has 1 aromatic carbocycles. The molecular weight excluding hydrogens is 239 g/mol. The number of Topliss-reactive ketones (excluding diaryl/α,β-unsaturated/α-hetero) is 1. The van der Waals surface area contributed by atoms with Gasteiger partial charge in [0.15, 0.2) is 0 Å². The van der Waals surface area contributed by atoms with Crippen LogP contribution in [0.4, 0.5) is 4.39 Å². The van der Waals surface area contributed by atoms with E-state index in [9.17, 15) is 9.18 Å². The van der Waals surface area contributed by atoms with Gasteiger partial charge in [0.1, 0.15) is 5.82 Å². The van der Waals surface area contributed by atoms with Gasteiger partial charge in [0, 0.05) is 5.56 Å². The SMILES string of the molecule is [N-]=[N+]=CC(=O)c1cccc(F)c1Br. The van der Waals surface area contributed by atoms with Gasteiger partial charge >= 0.3 is 6.21 Å². The normalized spacial score (nSPS) is 9.08. The number of carbonyl (C=O) groups excluding carboxylic acids is 1. The van der Waals surface area contributed by atoms with Crippen LogP contribution in [-0.2, 0) is 0 Å². The summed E-state index contributed by atoms with van der Waals surface area (Å²) in [4.78, 5) is 13.7. The van der Waals surface area contributed by atoms with Crippen LogP contribution in [0.25, 0.3) is 5.53 Å². The molecule has 13 heavy (non-hydrogen) atoms. The fourth-order valence-corrected chi connectivity index (χ4v) is 1.28. The maximum absolute atomic E-state index is 12.9. The molecule has 0 aliphatic rings. The first-order valence-corrected chi connectivity index (χ1v) is 4.12. The molecule has 0 spiro atoms. The number of halogens is 2. The first kappa shape index (κ1) is 9.77. The molecule has 0 bridgehead atoms. The van der Waals surface area contributed by atoms with Crippen LogP contribution < -0.4 is 0 Å². The predicted molar refractivity (Wildman–Crippen MR) is 48.1 cm³/mol. The summed E-state index contributed by atoms with van der Waals surface area (Å²) in [6, 6.07) is 4.05. The maximum Gasteiger partial charge on any atom is 0.328 e.